The molecule has 0 saturated carbocycles. The minimum atomic E-state index is -0.327. The SMILES string of the molecule is COC(=O)Cn1c(-c2ccccc2)cc2cc(NC(=O)NCc3ccncc3)ccc21. The Labute approximate surface area is 179 Å². The zero-order chi connectivity index (χ0) is 21.6. The molecule has 2 amide bonds. The van der Waals surface area contributed by atoms with Gasteiger partial charge in [0.15, 0.2) is 0 Å². The van der Waals surface area contributed by atoms with Crippen LogP contribution in [-0.4, -0.2) is 28.7 Å². The predicted molar refractivity (Wildman–Crippen MR) is 119 cm³/mol. The van der Waals surface area contributed by atoms with Crippen LogP contribution >= 0.6 is 0 Å². The molecule has 0 radical (unpaired) electrons. The van der Waals surface area contributed by atoms with Gasteiger partial charge in [0.1, 0.15) is 6.54 Å². The number of methoxy groups -OCH3 is 1. The molecule has 2 aromatic carbocycles. The van der Waals surface area contributed by atoms with Crippen LogP contribution in [0.15, 0.2) is 79.1 Å². The van der Waals surface area contributed by atoms with E-state index in [1.165, 1.54) is 7.11 Å². The Morgan fingerprint density at radius 1 is 1.00 bits per heavy atom. The highest BCUT2D eigenvalue weighted by Crippen LogP contribution is 2.30. The highest BCUT2D eigenvalue weighted by atomic mass is 16.5. The molecule has 0 bridgehead atoms. The van der Waals surface area contributed by atoms with Crippen LogP contribution in [0.2, 0.25) is 0 Å². The Balaban J connectivity index is 1.58. The Morgan fingerprint density at radius 3 is 2.52 bits per heavy atom. The third-order valence-corrected chi connectivity index (χ3v) is 4.95. The van der Waals surface area contributed by atoms with E-state index in [0.29, 0.717) is 12.2 Å². The maximum absolute atomic E-state index is 12.3. The summed E-state index contributed by atoms with van der Waals surface area (Å²) in [6, 6.07) is 20.8. The van der Waals surface area contributed by atoms with Crippen molar-refractivity contribution in [2.45, 2.75) is 13.1 Å². The second-order valence-corrected chi connectivity index (χ2v) is 6.99. The van der Waals surface area contributed by atoms with Gasteiger partial charge in [0.05, 0.1) is 7.11 Å². The topological polar surface area (TPSA) is 85.2 Å². The first kappa shape index (κ1) is 20.2. The van der Waals surface area contributed by atoms with Gasteiger partial charge in [-0.3, -0.25) is 9.78 Å². The van der Waals surface area contributed by atoms with E-state index in [-0.39, 0.29) is 18.5 Å². The maximum Gasteiger partial charge on any atom is 0.325 e. The number of rotatable bonds is 6. The van der Waals surface area contributed by atoms with Gasteiger partial charge in [0.25, 0.3) is 0 Å². The molecular weight excluding hydrogens is 392 g/mol. The molecule has 31 heavy (non-hydrogen) atoms. The second-order valence-electron chi connectivity index (χ2n) is 6.99. The van der Waals surface area contributed by atoms with Gasteiger partial charge in [0.2, 0.25) is 0 Å². The number of ether oxygens (including phenoxy) is 1. The molecule has 0 unspecified atom stereocenters. The molecule has 7 nitrogen and oxygen atoms in total. The number of amides is 2. The minimum absolute atomic E-state index is 0.101. The summed E-state index contributed by atoms with van der Waals surface area (Å²) < 4.78 is 6.79. The third kappa shape index (κ3) is 4.72. The average Bonchev–Trinajstić information content (AvgIpc) is 3.16. The summed E-state index contributed by atoms with van der Waals surface area (Å²) >= 11 is 0. The fourth-order valence-electron chi connectivity index (χ4n) is 3.42. The molecule has 0 atom stereocenters. The number of nitrogens with zero attached hydrogens (tertiary/aromatic N) is 2. The van der Waals surface area contributed by atoms with E-state index in [1.807, 2.05) is 71.3 Å². The number of fused-ring (bicyclic) bond motifs is 1. The highest BCUT2D eigenvalue weighted by molar-refractivity contribution is 5.95. The van der Waals surface area contributed by atoms with Crippen molar-refractivity contribution in [2.75, 3.05) is 12.4 Å². The first-order valence-electron chi connectivity index (χ1n) is 9.83. The Kier molecular flexibility index (Phi) is 5.93. The number of hydrogen-bond donors (Lipinski definition) is 2. The first-order chi connectivity index (χ1) is 15.1. The standard InChI is InChI=1S/C24H22N4O3/c1-31-23(29)16-28-21-8-7-20(27-24(30)26-15-17-9-11-25-12-10-17)13-19(21)14-22(28)18-5-3-2-4-6-18/h2-14H,15-16H2,1H3,(H2,26,27,30). The van der Waals surface area contributed by atoms with Crippen LogP contribution in [0.5, 0.6) is 0 Å². The number of pyridine rings is 1. The summed E-state index contributed by atoms with van der Waals surface area (Å²) in [6.07, 6.45) is 3.37. The van der Waals surface area contributed by atoms with Gasteiger partial charge in [-0.05, 0) is 47.5 Å². The van der Waals surface area contributed by atoms with Gasteiger partial charge in [-0.1, -0.05) is 30.3 Å². The van der Waals surface area contributed by atoms with Gasteiger partial charge in [0, 0.05) is 41.2 Å². The van der Waals surface area contributed by atoms with Crippen molar-refractivity contribution < 1.29 is 14.3 Å². The van der Waals surface area contributed by atoms with Gasteiger partial charge in [-0.2, -0.15) is 0 Å². The van der Waals surface area contributed by atoms with E-state index >= 15 is 0 Å². The number of carbonyl (C=O) groups is 2. The van der Waals surface area contributed by atoms with Crippen molar-refractivity contribution in [3.05, 3.63) is 84.7 Å². The lowest BCUT2D eigenvalue weighted by molar-refractivity contribution is -0.141. The van der Waals surface area contributed by atoms with Crippen molar-refractivity contribution in [2.24, 2.45) is 0 Å². The minimum Gasteiger partial charge on any atom is -0.468 e. The van der Waals surface area contributed by atoms with Crippen LogP contribution in [0.1, 0.15) is 5.56 Å². The molecular formula is C24H22N4O3. The smallest absolute Gasteiger partial charge is 0.325 e. The number of hydrogen-bond acceptors (Lipinski definition) is 4. The zero-order valence-electron chi connectivity index (χ0n) is 17.0. The summed E-state index contributed by atoms with van der Waals surface area (Å²) in [6.45, 7) is 0.508. The molecule has 0 aliphatic carbocycles. The molecule has 2 heterocycles. The molecule has 2 N–H and O–H groups in total. The van der Waals surface area contributed by atoms with E-state index in [4.69, 9.17) is 4.74 Å². The Bertz CT molecular complexity index is 1200. The Morgan fingerprint density at radius 2 is 1.77 bits per heavy atom. The normalized spacial score (nSPS) is 10.6. The average molecular weight is 414 g/mol. The third-order valence-electron chi connectivity index (χ3n) is 4.95. The summed E-state index contributed by atoms with van der Waals surface area (Å²) in [5.74, 6) is -0.327. The number of aromatic nitrogens is 2. The van der Waals surface area contributed by atoms with Crippen LogP contribution in [-0.2, 0) is 22.6 Å². The number of urea groups is 1. The molecule has 0 aliphatic rings. The van der Waals surface area contributed by atoms with Crippen LogP contribution in [0.25, 0.3) is 22.2 Å². The summed E-state index contributed by atoms with van der Waals surface area (Å²) in [4.78, 5) is 28.3. The quantitative estimate of drug-likeness (QED) is 0.463. The zero-order valence-corrected chi connectivity index (χ0v) is 17.0. The molecule has 0 saturated heterocycles. The van der Waals surface area contributed by atoms with E-state index < -0.39 is 0 Å². The van der Waals surface area contributed by atoms with E-state index in [9.17, 15) is 9.59 Å². The molecule has 4 aromatic rings. The lowest BCUT2D eigenvalue weighted by Crippen LogP contribution is -2.28. The van der Waals surface area contributed by atoms with Crippen LogP contribution in [0, 0.1) is 0 Å². The van der Waals surface area contributed by atoms with Gasteiger partial charge in [-0.25, -0.2) is 4.79 Å². The van der Waals surface area contributed by atoms with Crippen LogP contribution in [0.3, 0.4) is 0 Å². The van der Waals surface area contributed by atoms with E-state index in [1.54, 1.807) is 12.4 Å². The molecule has 156 valence electrons. The lowest BCUT2D eigenvalue weighted by atomic mass is 10.1. The lowest BCUT2D eigenvalue weighted by Gasteiger charge is -2.10. The van der Waals surface area contributed by atoms with Crippen LogP contribution < -0.4 is 10.6 Å². The van der Waals surface area contributed by atoms with E-state index in [2.05, 4.69) is 15.6 Å². The summed E-state index contributed by atoms with van der Waals surface area (Å²) in [5.41, 5.74) is 4.40. The summed E-state index contributed by atoms with van der Waals surface area (Å²) in [7, 11) is 1.38. The fourth-order valence-corrected chi connectivity index (χ4v) is 3.42. The fraction of sp³-hybridized carbons (Fsp3) is 0.125. The van der Waals surface area contributed by atoms with Crippen molar-refractivity contribution in [1.82, 2.24) is 14.9 Å². The van der Waals surface area contributed by atoms with Gasteiger partial charge in [-0.15, -0.1) is 0 Å². The van der Waals surface area contributed by atoms with Crippen molar-refractivity contribution in [3.63, 3.8) is 0 Å². The Hall–Kier alpha value is -4.13. The predicted octanol–water partition coefficient (Wildman–Crippen LogP) is 4.20. The number of nitrogens with one attached hydrogen (secondary N) is 2. The molecule has 0 aliphatic heterocycles. The van der Waals surface area contributed by atoms with E-state index in [0.717, 1.165) is 27.7 Å². The highest BCUT2D eigenvalue weighted by Gasteiger charge is 2.14. The van der Waals surface area contributed by atoms with Crippen LogP contribution in [0.4, 0.5) is 10.5 Å². The molecule has 7 heteroatoms. The molecule has 2 aromatic heterocycles. The van der Waals surface area contributed by atoms with Crippen molar-refractivity contribution in [1.29, 1.82) is 0 Å². The monoisotopic (exact) mass is 414 g/mol. The second kappa shape index (κ2) is 9.13. The van der Waals surface area contributed by atoms with Crippen molar-refractivity contribution >= 4 is 28.6 Å². The number of carbonyl (C=O) groups excluding carboxylic acids is 2. The van der Waals surface area contributed by atoms with Gasteiger partial charge >= 0.3 is 12.0 Å². The molecule has 4 rings (SSSR count). The first-order valence-corrected chi connectivity index (χ1v) is 9.83. The number of esters is 1. The van der Waals surface area contributed by atoms with Crippen molar-refractivity contribution in [3.8, 4) is 11.3 Å². The number of benzene rings is 2. The number of anilines is 1. The molecule has 0 spiro atoms. The largest absolute Gasteiger partial charge is 0.468 e. The summed E-state index contributed by atoms with van der Waals surface area (Å²) in [5, 5.41) is 6.60. The maximum atomic E-state index is 12.3. The molecule has 0 fully saturated rings. The van der Waals surface area contributed by atoms with Gasteiger partial charge < -0.3 is 19.9 Å².